The third-order valence-corrected chi connectivity index (χ3v) is 4.51. The molecule has 1 aliphatic carbocycles. The molecular formula is C13H17Cl2N. The van der Waals surface area contributed by atoms with Crippen molar-refractivity contribution in [2.24, 2.45) is 17.1 Å². The molecule has 1 saturated carbocycles. The first-order valence-corrected chi connectivity index (χ1v) is 6.45. The lowest BCUT2D eigenvalue weighted by Gasteiger charge is -2.28. The number of hydrogen-bond donors (Lipinski definition) is 1. The van der Waals surface area contributed by atoms with E-state index in [1.807, 2.05) is 18.2 Å². The van der Waals surface area contributed by atoms with Crippen LogP contribution in [0.15, 0.2) is 18.2 Å². The third-order valence-electron chi connectivity index (χ3n) is 3.66. The predicted octanol–water partition coefficient (Wildman–Crippen LogP) is 3.91. The van der Waals surface area contributed by atoms with Gasteiger partial charge in [-0.1, -0.05) is 42.3 Å². The zero-order valence-corrected chi connectivity index (χ0v) is 11.0. The summed E-state index contributed by atoms with van der Waals surface area (Å²) in [5, 5.41) is 1.32. The number of hydrogen-bond acceptors (Lipinski definition) is 1. The summed E-state index contributed by atoms with van der Waals surface area (Å²) in [7, 11) is 0. The van der Waals surface area contributed by atoms with Gasteiger partial charge in [-0.05, 0) is 48.8 Å². The van der Waals surface area contributed by atoms with Crippen LogP contribution in [0.5, 0.6) is 0 Å². The molecule has 1 aromatic rings. The normalized spacial score (nSPS) is 19.5. The zero-order valence-electron chi connectivity index (χ0n) is 9.47. The molecule has 88 valence electrons. The zero-order chi connectivity index (χ0) is 11.8. The predicted molar refractivity (Wildman–Crippen MR) is 70.1 cm³/mol. The maximum absolute atomic E-state index is 6.21. The Morgan fingerprint density at radius 2 is 2.06 bits per heavy atom. The molecule has 1 nitrogen and oxygen atoms in total. The highest BCUT2D eigenvalue weighted by atomic mass is 35.5. The number of nitrogens with two attached hydrogens (primary N) is 1. The number of rotatable bonds is 4. The van der Waals surface area contributed by atoms with E-state index in [4.69, 9.17) is 28.9 Å². The summed E-state index contributed by atoms with van der Waals surface area (Å²) >= 11 is 12.2. The van der Waals surface area contributed by atoms with Gasteiger partial charge in [0.25, 0.3) is 0 Å². The van der Waals surface area contributed by atoms with E-state index in [1.54, 1.807) is 0 Å². The van der Waals surface area contributed by atoms with Crippen LogP contribution in [0.1, 0.15) is 25.3 Å². The Bertz CT molecular complexity index is 388. The summed E-state index contributed by atoms with van der Waals surface area (Å²) in [6.45, 7) is 2.96. The SMILES string of the molecule is CC(CN)(Cc1cccc(Cl)c1Cl)C1CC1. The standard InChI is InChI=1S/C13H17Cl2N/c1-13(8-16,10-5-6-10)7-9-3-2-4-11(14)12(9)15/h2-4,10H,5-8,16H2,1H3. The largest absolute Gasteiger partial charge is 0.330 e. The molecule has 2 rings (SSSR count). The van der Waals surface area contributed by atoms with Crippen LogP contribution in [0.25, 0.3) is 0 Å². The minimum absolute atomic E-state index is 0.175. The van der Waals surface area contributed by atoms with Crippen molar-refractivity contribution in [2.75, 3.05) is 6.54 Å². The molecule has 1 aromatic carbocycles. The second-order valence-corrected chi connectivity index (χ2v) is 5.81. The van der Waals surface area contributed by atoms with Crippen molar-refractivity contribution in [2.45, 2.75) is 26.2 Å². The average Bonchev–Trinajstić information content (AvgIpc) is 3.08. The van der Waals surface area contributed by atoms with Gasteiger partial charge >= 0.3 is 0 Å². The Kier molecular flexibility index (Phi) is 3.48. The summed E-state index contributed by atoms with van der Waals surface area (Å²) in [6, 6.07) is 5.82. The molecule has 0 radical (unpaired) electrons. The van der Waals surface area contributed by atoms with Gasteiger partial charge in [-0.3, -0.25) is 0 Å². The fourth-order valence-electron chi connectivity index (χ4n) is 2.28. The molecule has 1 unspecified atom stereocenters. The fourth-order valence-corrected chi connectivity index (χ4v) is 2.67. The van der Waals surface area contributed by atoms with E-state index in [0.717, 1.165) is 17.9 Å². The number of halogens is 2. The maximum atomic E-state index is 6.21. The lowest BCUT2D eigenvalue weighted by molar-refractivity contribution is 0.282. The first kappa shape index (κ1) is 12.2. The first-order valence-electron chi connectivity index (χ1n) is 5.70. The van der Waals surface area contributed by atoms with E-state index in [-0.39, 0.29) is 5.41 Å². The highest BCUT2D eigenvalue weighted by Crippen LogP contribution is 2.47. The van der Waals surface area contributed by atoms with Crippen molar-refractivity contribution in [3.8, 4) is 0 Å². The van der Waals surface area contributed by atoms with Crippen LogP contribution in [-0.4, -0.2) is 6.54 Å². The second-order valence-electron chi connectivity index (χ2n) is 5.02. The van der Waals surface area contributed by atoms with E-state index in [0.29, 0.717) is 16.6 Å². The lowest BCUT2D eigenvalue weighted by Crippen LogP contribution is -2.31. The van der Waals surface area contributed by atoms with Crippen LogP contribution < -0.4 is 5.73 Å². The topological polar surface area (TPSA) is 26.0 Å². The first-order chi connectivity index (χ1) is 7.57. The van der Waals surface area contributed by atoms with E-state index in [2.05, 4.69) is 6.92 Å². The molecule has 0 spiro atoms. The smallest absolute Gasteiger partial charge is 0.0624 e. The van der Waals surface area contributed by atoms with Crippen LogP contribution in [0.4, 0.5) is 0 Å². The van der Waals surface area contributed by atoms with E-state index < -0.39 is 0 Å². The Balaban J connectivity index is 2.22. The van der Waals surface area contributed by atoms with Gasteiger partial charge in [0.05, 0.1) is 10.0 Å². The summed E-state index contributed by atoms with van der Waals surface area (Å²) in [6.07, 6.45) is 3.52. The lowest BCUT2D eigenvalue weighted by atomic mass is 9.79. The van der Waals surface area contributed by atoms with Crippen molar-refractivity contribution in [3.63, 3.8) is 0 Å². The van der Waals surface area contributed by atoms with Crippen LogP contribution in [-0.2, 0) is 6.42 Å². The van der Waals surface area contributed by atoms with Crippen molar-refractivity contribution in [3.05, 3.63) is 33.8 Å². The van der Waals surface area contributed by atoms with Crippen molar-refractivity contribution in [1.82, 2.24) is 0 Å². The second kappa shape index (κ2) is 4.56. The Morgan fingerprint density at radius 1 is 1.38 bits per heavy atom. The molecule has 1 atom stereocenters. The Labute approximate surface area is 107 Å². The van der Waals surface area contributed by atoms with Gasteiger partial charge in [0, 0.05) is 0 Å². The van der Waals surface area contributed by atoms with Crippen molar-refractivity contribution >= 4 is 23.2 Å². The molecule has 0 heterocycles. The quantitative estimate of drug-likeness (QED) is 0.870. The van der Waals surface area contributed by atoms with E-state index in [1.165, 1.54) is 12.8 Å². The monoisotopic (exact) mass is 257 g/mol. The molecule has 16 heavy (non-hydrogen) atoms. The van der Waals surface area contributed by atoms with Gasteiger partial charge in [0.15, 0.2) is 0 Å². The van der Waals surface area contributed by atoms with Crippen molar-refractivity contribution in [1.29, 1.82) is 0 Å². The molecule has 2 N–H and O–H groups in total. The molecule has 0 saturated heterocycles. The van der Waals surface area contributed by atoms with Gasteiger partial charge in [-0.2, -0.15) is 0 Å². The van der Waals surface area contributed by atoms with Crippen LogP contribution in [0, 0.1) is 11.3 Å². The van der Waals surface area contributed by atoms with Gasteiger partial charge < -0.3 is 5.73 Å². The maximum Gasteiger partial charge on any atom is 0.0624 e. The molecule has 3 heteroatoms. The van der Waals surface area contributed by atoms with Gasteiger partial charge in [0.2, 0.25) is 0 Å². The molecule has 0 amide bonds. The van der Waals surface area contributed by atoms with Crippen LogP contribution in [0.2, 0.25) is 10.0 Å². The molecule has 0 aromatic heterocycles. The summed E-state index contributed by atoms with van der Waals surface area (Å²) in [4.78, 5) is 0. The molecule has 1 aliphatic rings. The van der Waals surface area contributed by atoms with Crippen LogP contribution >= 0.6 is 23.2 Å². The van der Waals surface area contributed by atoms with E-state index >= 15 is 0 Å². The fraction of sp³-hybridized carbons (Fsp3) is 0.538. The minimum Gasteiger partial charge on any atom is -0.330 e. The van der Waals surface area contributed by atoms with Crippen LogP contribution in [0.3, 0.4) is 0 Å². The summed E-state index contributed by atoms with van der Waals surface area (Å²) in [5.41, 5.74) is 7.20. The van der Waals surface area contributed by atoms with Gasteiger partial charge in [-0.25, -0.2) is 0 Å². The molecule has 0 bridgehead atoms. The molecule has 1 fully saturated rings. The van der Waals surface area contributed by atoms with Gasteiger partial charge in [-0.15, -0.1) is 0 Å². The molecule has 0 aliphatic heterocycles. The van der Waals surface area contributed by atoms with E-state index in [9.17, 15) is 0 Å². The number of benzene rings is 1. The highest BCUT2D eigenvalue weighted by Gasteiger charge is 2.40. The average molecular weight is 258 g/mol. The summed E-state index contributed by atoms with van der Waals surface area (Å²) < 4.78 is 0. The molecular weight excluding hydrogens is 241 g/mol. The summed E-state index contributed by atoms with van der Waals surface area (Å²) in [5.74, 6) is 0.757. The Morgan fingerprint density at radius 3 is 2.62 bits per heavy atom. The Hall–Kier alpha value is -0.240. The third kappa shape index (κ3) is 2.37. The van der Waals surface area contributed by atoms with Crippen molar-refractivity contribution < 1.29 is 0 Å². The minimum atomic E-state index is 0.175. The highest BCUT2D eigenvalue weighted by molar-refractivity contribution is 6.42. The van der Waals surface area contributed by atoms with Gasteiger partial charge in [0.1, 0.15) is 0 Å².